The van der Waals surface area contributed by atoms with Crippen molar-refractivity contribution in [3.05, 3.63) is 48.5 Å². The summed E-state index contributed by atoms with van der Waals surface area (Å²) in [7, 11) is 2.10. The highest BCUT2D eigenvalue weighted by Crippen LogP contribution is 2.30. The zero-order valence-corrected chi connectivity index (χ0v) is 14.5. The van der Waals surface area contributed by atoms with Crippen molar-refractivity contribution in [1.82, 2.24) is 4.98 Å². The summed E-state index contributed by atoms with van der Waals surface area (Å²) < 4.78 is 6.78. The minimum absolute atomic E-state index is 0.768. The van der Waals surface area contributed by atoms with Gasteiger partial charge in [-0.05, 0) is 42.8 Å². The Morgan fingerprint density at radius 2 is 1.83 bits per heavy atom. The van der Waals surface area contributed by atoms with Crippen LogP contribution in [0.4, 0.5) is 5.69 Å². The van der Waals surface area contributed by atoms with E-state index in [-0.39, 0.29) is 0 Å². The van der Waals surface area contributed by atoms with Gasteiger partial charge in [-0.25, -0.2) is 4.98 Å². The van der Waals surface area contributed by atoms with Crippen LogP contribution in [-0.2, 0) is 4.74 Å². The van der Waals surface area contributed by atoms with E-state index < -0.39 is 0 Å². The van der Waals surface area contributed by atoms with Crippen LogP contribution in [0.5, 0.6) is 0 Å². The lowest BCUT2D eigenvalue weighted by Gasteiger charge is -2.19. The van der Waals surface area contributed by atoms with Gasteiger partial charge in [0.2, 0.25) is 0 Å². The van der Waals surface area contributed by atoms with Crippen LogP contribution in [0.2, 0.25) is 0 Å². The molecule has 0 amide bonds. The quantitative estimate of drug-likeness (QED) is 0.582. The largest absolute Gasteiger partial charge is 0.380 e. The lowest BCUT2D eigenvalue weighted by atomic mass is 10.2. The summed E-state index contributed by atoms with van der Waals surface area (Å²) >= 11 is 1.74. The minimum Gasteiger partial charge on any atom is -0.380 e. The Hall–Kier alpha value is -1.91. The van der Waals surface area contributed by atoms with E-state index in [1.165, 1.54) is 16.0 Å². The molecular weight excluding hydrogens is 304 g/mol. The molecule has 2 aromatic carbocycles. The van der Waals surface area contributed by atoms with Gasteiger partial charge in [-0.1, -0.05) is 19.1 Å². The second-order valence-corrected chi connectivity index (χ2v) is 6.60. The number of rotatable bonds is 7. The summed E-state index contributed by atoms with van der Waals surface area (Å²) in [6.07, 6.45) is 1.07. The van der Waals surface area contributed by atoms with E-state index in [2.05, 4.69) is 61.3 Å². The lowest BCUT2D eigenvalue weighted by Crippen LogP contribution is -2.22. The topological polar surface area (TPSA) is 25.4 Å². The van der Waals surface area contributed by atoms with E-state index in [9.17, 15) is 0 Å². The summed E-state index contributed by atoms with van der Waals surface area (Å²) in [5.74, 6) is 0. The lowest BCUT2D eigenvalue weighted by molar-refractivity contribution is 0.141. The smallest absolute Gasteiger partial charge is 0.124 e. The van der Waals surface area contributed by atoms with Gasteiger partial charge < -0.3 is 9.64 Å². The Kier molecular flexibility index (Phi) is 5.26. The second-order valence-electron chi connectivity index (χ2n) is 5.57. The fraction of sp³-hybridized carbons (Fsp3) is 0.316. The summed E-state index contributed by atoms with van der Waals surface area (Å²) in [6, 6.07) is 16.9. The molecule has 1 heterocycles. The third kappa shape index (κ3) is 3.89. The number of anilines is 1. The average molecular weight is 326 g/mol. The number of hydrogen-bond acceptors (Lipinski definition) is 4. The van der Waals surface area contributed by atoms with Crippen LogP contribution in [0.1, 0.15) is 13.3 Å². The number of nitrogens with zero attached hydrogens (tertiary/aromatic N) is 2. The number of para-hydroxylation sites is 1. The van der Waals surface area contributed by atoms with Gasteiger partial charge in [0.15, 0.2) is 0 Å². The monoisotopic (exact) mass is 326 g/mol. The maximum atomic E-state index is 5.55. The molecule has 0 saturated heterocycles. The first-order valence-corrected chi connectivity index (χ1v) is 8.84. The number of hydrogen-bond donors (Lipinski definition) is 0. The van der Waals surface area contributed by atoms with Crippen molar-refractivity contribution in [3.8, 4) is 10.6 Å². The standard InChI is InChI=1S/C19H22N2OS/c1-3-13-22-14-12-21(2)16-10-8-15(9-11-16)19-20-17-6-4-5-7-18(17)23-19/h4-11H,3,12-14H2,1-2H3. The molecule has 0 aliphatic carbocycles. The number of likely N-dealkylation sites (N-methyl/N-ethyl adjacent to an activating group) is 1. The predicted molar refractivity (Wildman–Crippen MR) is 99.4 cm³/mol. The Labute approximate surface area is 141 Å². The molecule has 0 N–H and O–H groups in total. The molecule has 0 saturated carbocycles. The van der Waals surface area contributed by atoms with Gasteiger partial charge in [0.1, 0.15) is 5.01 Å². The highest BCUT2D eigenvalue weighted by Gasteiger charge is 2.07. The summed E-state index contributed by atoms with van der Waals surface area (Å²) in [6.45, 7) is 4.64. The molecule has 0 aliphatic rings. The van der Waals surface area contributed by atoms with Gasteiger partial charge in [0.25, 0.3) is 0 Å². The molecule has 0 atom stereocenters. The second kappa shape index (κ2) is 7.57. The van der Waals surface area contributed by atoms with Crippen molar-refractivity contribution >= 4 is 27.2 Å². The maximum Gasteiger partial charge on any atom is 0.124 e. The summed E-state index contributed by atoms with van der Waals surface area (Å²) in [4.78, 5) is 6.93. The van der Waals surface area contributed by atoms with Crippen LogP contribution in [0.25, 0.3) is 20.8 Å². The number of ether oxygens (including phenoxy) is 1. The maximum absolute atomic E-state index is 5.55. The van der Waals surface area contributed by atoms with E-state index >= 15 is 0 Å². The molecule has 1 aromatic heterocycles. The Morgan fingerprint density at radius 3 is 2.57 bits per heavy atom. The third-order valence-corrected chi connectivity index (χ3v) is 4.85. The fourth-order valence-electron chi connectivity index (χ4n) is 2.43. The molecular formula is C19H22N2OS. The van der Waals surface area contributed by atoms with E-state index in [1.54, 1.807) is 11.3 Å². The van der Waals surface area contributed by atoms with Gasteiger partial charge in [0, 0.05) is 31.5 Å². The van der Waals surface area contributed by atoms with Gasteiger partial charge in [-0.15, -0.1) is 11.3 Å². The number of fused-ring (bicyclic) bond motifs is 1. The molecule has 0 fully saturated rings. The number of aromatic nitrogens is 1. The highest BCUT2D eigenvalue weighted by molar-refractivity contribution is 7.21. The normalized spacial score (nSPS) is 11.0. The summed E-state index contributed by atoms with van der Waals surface area (Å²) in [5.41, 5.74) is 3.45. The van der Waals surface area contributed by atoms with Crippen molar-refractivity contribution in [2.75, 3.05) is 31.7 Å². The zero-order valence-electron chi connectivity index (χ0n) is 13.7. The summed E-state index contributed by atoms with van der Waals surface area (Å²) in [5, 5.41) is 1.08. The molecule has 3 rings (SSSR count). The van der Waals surface area contributed by atoms with E-state index in [4.69, 9.17) is 9.72 Å². The van der Waals surface area contributed by atoms with Crippen LogP contribution in [-0.4, -0.2) is 31.8 Å². The molecule has 0 spiro atoms. The van der Waals surface area contributed by atoms with Crippen LogP contribution < -0.4 is 4.90 Å². The Balaban J connectivity index is 1.69. The van der Waals surface area contributed by atoms with Crippen LogP contribution in [0.3, 0.4) is 0 Å². The Morgan fingerprint density at radius 1 is 1.04 bits per heavy atom. The first-order valence-electron chi connectivity index (χ1n) is 8.03. The zero-order chi connectivity index (χ0) is 16.1. The van der Waals surface area contributed by atoms with Crippen LogP contribution in [0, 0.1) is 0 Å². The Bertz CT molecular complexity index is 718. The molecule has 0 bridgehead atoms. The first kappa shape index (κ1) is 16.0. The van der Waals surface area contributed by atoms with E-state index in [1.807, 2.05) is 6.07 Å². The van der Waals surface area contributed by atoms with Crippen molar-refractivity contribution in [2.45, 2.75) is 13.3 Å². The molecule has 4 heteroatoms. The SMILES string of the molecule is CCCOCCN(C)c1ccc(-c2nc3ccccc3s2)cc1. The van der Waals surface area contributed by atoms with Crippen molar-refractivity contribution in [3.63, 3.8) is 0 Å². The van der Waals surface area contributed by atoms with Crippen molar-refractivity contribution < 1.29 is 4.74 Å². The van der Waals surface area contributed by atoms with E-state index in [0.717, 1.165) is 36.7 Å². The van der Waals surface area contributed by atoms with Crippen molar-refractivity contribution in [2.24, 2.45) is 0 Å². The van der Waals surface area contributed by atoms with Crippen molar-refractivity contribution in [1.29, 1.82) is 0 Å². The number of benzene rings is 2. The van der Waals surface area contributed by atoms with Crippen LogP contribution >= 0.6 is 11.3 Å². The molecule has 120 valence electrons. The molecule has 3 nitrogen and oxygen atoms in total. The molecule has 0 radical (unpaired) electrons. The third-order valence-electron chi connectivity index (χ3n) is 3.77. The van der Waals surface area contributed by atoms with Gasteiger partial charge in [-0.3, -0.25) is 0 Å². The average Bonchev–Trinajstić information content (AvgIpc) is 3.03. The highest BCUT2D eigenvalue weighted by atomic mass is 32.1. The van der Waals surface area contributed by atoms with E-state index in [0.29, 0.717) is 0 Å². The predicted octanol–water partition coefficient (Wildman–Crippen LogP) is 4.83. The molecule has 23 heavy (non-hydrogen) atoms. The van der Waals surface area contributed by atoms with Gasteiger partial charge in [-0.2, -0.15) is 0 Å². The van der Waals surface area contributed by atoms with Crippen LogP contribution in [0.15, 0.2) is 48.5 Å². The molecule has 0 unspecified atom stereocenters. The first-order chi connectivity index (χ1) is 11.3. The molecule has 3 aromatic rings. The number of thiazole rings is 1. The van der Waals surface area contributed by atoms with Gasteiger partial charge in [0.05, 0.1) is 16.8 Å². The minimum atomic E-state index is 0.768. The fourth-order valence-corrected chi connectivity index (χ4v) is 3.40. The van der Waals surface area contributed by atoms with Gasteiger partial charge >= 0.3 is 0 Å². The molecule has 0 aliphatic heterocycles.